The fraction of sp³-hybridized carbons (Fsp3) is 0.538. The minimum Gasteiger partial charge on any atom is -0.388 e. The number of aryl methyl sites for hydroxylation is 1. The third-order valence-corrected chi connectivity index (χ3v) is 2.43. The highest BCUT2D eigenvalue weighted by Crippen LogP contribution is 2.16. The Morgan fingerprint density at radius 2 is 1.80 bits per heavy atom. The van der Waals surface area contributed by atoms with E-state index in [1.54, 1.807) is 0 Å². The zero-order valence-corrected chi connectivity index (χ0v) is 9.83. The average Bonchev–Trinajstić information content (AvgIpc) is 2.18. The van der Waals surface area contributed by atoms with Crippen molar-refractivity contribution in [1.29, 1.82) is 0 Å². The van der Waals surface area contributed by atoms with Crippen LogP contribution in [-0.2, 0) is 0 Å². The molecule has 0 bridgehead atoms. The quantitative estimate of drug-likeness (QED) is 0.777. The zero-order chi connectivity index (χ0) is 11.3. The monoisotopic (exact) mass is 207 g/mol. The van der Waals surface area contributed by atoms with E-state index in [9.17, 15) is 5.11 Å². The van der Waals surface area contributed by atoms with E-state index in [2.05, 4.69) is 26.1 Å². The van der Waals surface area contributed by atoms with Crippen molar-refractivity contribution >= 4 is 0 Å². The largest absolute Gasteiger partial charge is 0.388 e. The number of aliphatic hydroxyl groups excluding tert-OH is 1. The molecule has 0 spiro atoms. The van der Waals surface area contributed by atoms with E-state index >= 15 is 0 Å². The normalized spacial score (nSPS) is 13.1. The molecule has 0 saturated heterocycles. The molecule has 2 N–H and O–H groups in total. The van der Waals surface area contributed by atoms with E-state index in [1.165, 1.54) is 5.56 Å². The molecule has 1 aromatic rings. The molecule has 84 valence electrons. The van der Waals surface area contributed by atoms with Gasteiger partial charge >= 0.3 is 0 Å². The van der Waals surface area contributed by atoms with Crippen molar-refractivity contribution in [3.8, 4) is 0 Å². The van der Waals surface area contributed by atoms with Gasteiger partial charge in [-0.1, -0.05) is 43.7 Å². The first-order valence-corrected chi connectivity index (χ1v) is 5.57. The summed E-state index contributed by atoms with van der Waals surface area (Å²) in [7, 11) is 0. The van der Waals surface area contributed by atoms with Crippen molar-refractivity contribution in [2.45, 2.75) is 39.3 Å². The van der Waals surface area contributed by atoms with Crippen molar-refractivity contribution in [1.82, 2.24) is 5.32 Å². The van der Waals surface area contributed by atoms with Gasteiger partial charge in [-0.05, 0) is 25.5 Å². The first kappa shape index (κ1) is 12.2. The van der Waals surface area contributed by atoms with Gasteiger partial charge in [0.15, 0.2) is 0 Å². The number of hydrogen-bond acceptors (Lipinski definition) is 2. The highest BCUT2D eigenvalue weighted by molar-refractivity contribution is 5.22. The Hall–Kier alpha value is -0.860. The van der Waals surface area contributed by atoms with E-state index < -0.39 is 0 Å². The van der Waals surface area contributed by atoms with Gasteiger partial charge in [0.05, 0.1) is 6.10 Å². The van der Waals surface area contributed by atoms with Crippen LogP contribution in [0.2, 0.25) is 0 Å². The Kier molecular flexibility index (Phi) is 4.79. The van der Waals surface area contributed by atoms with Gasteiger partial charge in [0.2, 0.25) is 0 Å². The van der Waals surface area contributed by atoms with Crippen LogP contribution in [0, 0.1) is 6.92 Å². The predicted molar refractivity (Wildman–Crippen MR) is 63.9 cm³/mol. The maximum Gasteiger partial charge on any atom is 0.0802 e. The summed E-state index contributed by atoms with van der Waals surface area (Å²) in [5.41, 5.74) is 2.23. The lowest BCUT2D eigenvalue weighted by atomic mass is 10.1. The Balaban J connectivity index is 2.40. The molecule has 0 fully saturated rings. The zero-order valence-electron chi connectivity index (χ0n) is 9.83. The Morgan fingerprint density at radius 1 is 1.20 bits per heavy atom. The molecule has 0 saturated carbocycles. The minimum atomic E-state index is -0.350. The molecular weight excluding hydrogens is 186 g/mol. The Labute approximate surface area is 92.3 Å². The van der Waals surface area contributed by atoms with Crippen LogP contribution in [0.15, 0.2) is 24.3 Å². The molecule has 0 heterocycles. The molecule has 2 nitrogen and oxygen atoms in total. The number of hydrogen-bond donors (Lipinski definition) is 2. The standard InChI is InChI=1S/C13H21NO/c1-10(2)14-9-8-13(15)12-6-4-11(3)5-7-12/h4-7,10,13-15H,8-9H2,1-3H3. The fourth-order valence-electron chi connectivity index (χ4n) is 1.46. The van der Waals surface area contributed by atoms with E-state index in [0.29, 0.717) is 6.04 Å². The molecule has 1 aromatic carbocycles. The molecule has 0 radical (unpaired) electrons. The van der Waals surface area contributed by atoms with E-state index in [1.807, 2.05) is 24.3 Å². The minimum absolute atomic E-state index is 0.350. The van der Waals surface area contributed by atoms with Crippen molar-refractivity contribution in [2.24, 2.45) is 0 Å². The SMILES string of the molecule is Cc1ccc(C(O)CCNC(C)C)cc1. The maximum atomic E-state index is 9.88. The molecule has 0 aliphatic rings. The molecule has 1 rings (SSSR count). The van der Waals surface area contributed by atoms with Gasteiger partial charge in [-0.2, -0.15) is 0 Å². The van der Waals surface area contributed by atoms with Gasteiger partial charge < -0.3 is 10.4 Å². The molecule has 2 heteroatoms. The summed E-state index contributed by atoms with van der Waals surface area (Å²) in [6, 6.07) is 8.54. The molecule has 0 aliphatic carbocycles. The Morgan fingerprint density at radius 3 is 2.33 bits per heavy atom. The summed E-state index contributed by atoms with van der Waals surface area (Å²) >= 11 is 0. The van der Waals surface area contributed by atoms with Crippen LogP contribution < -0.4 is 5.32 Å². The average molecular weight is 207 g/mol. The van der Waals surface area contributed by atoms with Gasteiger partial charge in [-0.3, -0.25) is 0 Å². The highest BCUT2D eigenvalue weighted by Gasteiger charge is 2.06. The van der Waals surface area contributed by atoms with Crippen LogP contribution in [0.25, 0.3) is 0 Å². The predicted octanol–water partition coefficient (Wildman–Crippen LogP) is 2.42. The second kappa shape index (κ2) is 5.89. The maximum absolute atomic E-state index is 9.88. The van der Waals surface area contributed by atoms with Crippen molar-refractivity contribution in [2.75, 3.05) is 6.54 Å². The first-order chi connectivity index (χ1) is 7.09. The van der Waals surface area contributed by atoms with E-state index in [4.69, 9.17) is 0 Å². The number of aliphatic hydroxyl groups is 1. The van der Waals surface area contributed by atoms with Crippen LogP contribution in [0.3, 0.4) is 0 Å². The summed E-state index contributed by atoms with van der Waals surface area (Å²) in [5.74, 6) is 0. The summed E-state index contributed by atoms with van der Waals surface area (Å²) < 4.78 is 0. The summed E-state index contributed by atoms with van der Waals surface area (Å²) in [6.07, 6.45) is 0.415. The third kappa shape index (κ3) is 4.45. The fourth-order valence-corrected chi connectivity index (χ4v) is 1.46. The highest BCUT2D eigenvalue weighted by atomic mass is 16.3. The summed E-state index contributed by atoms with van der Waals surface area (Å²) in [4.78, 5) is 0. The summed E-state index contributed by atoms with van der Waals surface area (Å²) in [6.45, 7) is 7.12. The molecule has 1 unspecified atom stereocenters. The molecule has 15 heavy (non-hydrogen) atoms. The second-order valence-electron chi connectivity index (χ2n) is 4.32. The molecule has 0 amide bonds. The van der Waals surface area contributed by atoms with Gasteiger partial charge in [0, 0.05) is 6.04 Å². The van der Waals surface area contributed by atoms with Gasteiger partial charge in [0.25, 0.3) is 0 Å². The molecular formula is C13H21NO. The van der Waals surface area contributed by atoms with Crippen LogP contribution in [0.4, 0.5) is 0 Å². The van der Waals surface area contributed by atoms with Crippen LogP contribution in [-0.4, -0.2) is 17.7 Å². The number of rotatable bonds is 5. The van der Waals surface area contributed by atoms with Crippen molar-refractivity contribution in [3.05, 3.63) is 35.4 Å². The van der Waals surface area contributed by atoms with Gasteiger partial charge in [0.1, 0.15) is 0 Å². The van der Waals surface area contributed by atoms with Crippen molar-refractivity contribution < 1.29 is 5.11 Å². The second-order valence-corrected chi connectivity index (χ2v) is 4.32. The third-order valence-electron chi connectivity index (χ3n) is 2.43. The number of benzene rings is 1. The lowest BCUT2D eigenvalue weighted by Gasteiger charge is -2.13. The topological polar surface area (TPSA) is 32.3 Å². The molecule has 1 atom stereocenters. The molecule has 0 aliphatic heterocycles. The van der Waals surface area contributed by atoms with Crippen LogP contribution in [0.5, 0.6) is 0 Å². The van der Waals surface area contributed by atoms with Crippen molar-refractivity contribution in [3.63, 3.8) is 0 Å². The van der Waals surface area contributed by atoms with E-state index in [0.717, 1.165) is 18.5 Å². The lowest BCUT2D eigenvalue weighted by Crippen LogP contribution is -2.24. The first-order valence-electron chi connectivity index (χ1n) is 5.57. The number of nitrogens with one attached hydrogen (secondary N) is 1. The van der Waals surface area contributed by atoms with Crippen LogP contribution in [0.1, 0.15) is 37.5 Å². The molecule has 0 aromatic heterocycles. The smallest absolute Gasteiger partial charge is 0.0802 e. The summed E-state index contributed by atoms with van der Waals surface area (Å²) in [5, 5.41) is 13.2. The van der Waals surface area contributed by atoms with Gasteiger partial charge in [-0.15, -0.1) is 0 Å². The lowest BCUT2D eigenvalue weighted by molar-refractivity contribution is 0.166. The van der Waals surface area contributed by atoms with Crippen LogP contribution >= 0.6 is 0 Å². The Bertz CT molecular complexity index is 279. The van der Waals surface area contributed by atoms with Gasteiger partial charge in [-0.25, -0.2) is 0 Å². The van der Waals surface area contributed by atoms with E-state index in [-0.39, 0.29) is 6.10 Å².